The molecule has 9 heteroatoms. The standard InChI is InChI=1S/C20H22N6O2S/c1-2-4-15-13(3-1)23-19(29-15)16-17(14-11-28-14)24-20(26-5-7-27-8-6-26)25-18(16)22-12-9-21-10-12/h1-4,12,14,21H,5-11H2,(H,22,24,25). The van der Waals surface area contributed by atoms with E-state index in [0.29, 0.717) is 25.9 Å². The molecule has 150 valence electrons. The predicted molar refractivity (Wildman–Crippen MR) is 113 cm³/mol. The lowest BCUT2D eigenvalue weighted by Crippen LogP contribution is -2.51. The molecule has 3 aliphatic rings. The van der Waals surface area contributed by atoms with Crippen molar-refractivity contribution in [3.63, 3.8) is 0 Å². The minimum absolute atomic E-state index is 0.0138. The molecule has 1 atom stereocenters. The van der Waals surface area contributed by atoms with Crippen LogP contribution in [0.4, 0.5) is 11.8 Å². The zero-order valence-corrected chi connectivity index (χ0v) is 16.7. The summed E-state index contributed by atoms with van der Waals surface area (Å²) in [6.07, 6.45) is 0.0138. The van der Waals surface area contributed by atoms with E-state index in [4.69, 9.17) is 24.4 Å². The summed E-state index contributed by atoms with van der Waals surface area (Å²) in [4.78, 5) is 17.0. The Kier molecular flexibility index (Phi) is 4.33. The minimum Gasteiger partial charge on any atom is -0.378 e. The maximum atomic E-state index is 5.68. The molecule has 1 aromatic carbocycles. The van der Waals surface area contributed by atoms with Gasteiger partial charge in [-0.3, -0.25) is 0 Å². The lowest BCUT2D eigenvalue weighted by atomic mass is 10.1. The number of ether oxygens (including phenoxy) is 2. The summed E-state index contributed by atoms with van der Waals surface area (Å²) in [7, 11) is 0. The zero-order chi connectivity index (χ0) is 19.2. The number of benzene rings is 1. The Morgan fingerprint density at radius 1 is 1.10 bits per heavy atom. The molecule has 3 aliphatic heterocycles. The molecule has 0 bridgehead atoms. The molecule has 2 N–H and O–H groups in total. The summed E-state index contributed by atoms with van der Waals surface area (Å²) in [5, 5.41) is 7.90. The number of hydrogen-bond acceptors (Lipinski definition) is 9. The van der Waals surface area contributed by atoms with Crippen molar-refractivity contribution in [3.05, 3.63) is 30.0 Å². The fourth-order valence-corrected chi connectivity index (χ4v) is 4.71. The van der Waals surface area contributed by atoms with Crippen LogP contribution in [0.15, 0.2) is 24.3 Å². The highest BCUT2D eigenvalue weighted by Gasteiger charge is 2.35. The van der Waals surface area contributed by atoms with Crippen molar-refractivity contribution in [1.82, 2.24) is 20.3 Å². The van der Waals surface area contributed by atoms with E-state index in [-0.39, 0.29) is 6.10 Å². The van der Waals surface area contributed by atoms with Gasteiger partial charge in [-0.1, -0.05) is 12.1 Å². The molecule has 3 saturated heterocycles. The number of epoxide rings is 1. The van der Waals surface area contributed by atoms with Crippen molar-refractivity contribution in [2.75, 3.05) is 56.2 Å². The van der Waals surface area contributed by atoms with Gasteiger partial charge < -0.3 is 25.0 Å². The van der Waals surface area contributed by atoms with E-state index < -0.39 is 0 Å². The summed E-state index contributed by atoms with van der Waals surface area (Å²) in [6.45, 7) is 5.58. The van der Waals surface area contributed by atoms with Gasteiger partial charge in [0.2, 0.25) is 5.95 Å². The van der Waals surface area contributed by atoms with E-state index in [2.05, 4.69) is 27.7 Å². The smallest absolute Gasteiger partial charge is 0.227 e. The van der Waals surface area contributed by atoms with Gasteiger partial charge in [0.1, 0.15) is 16.9 Å². The Hall–Kier alpha value is -2.33. The van der Waals surface area contributed by atoms with Gasteiger partial charge in [0, 0.05) is 26.2 Å². The first-order valence-electron chi connectivity index (χ1n) is 10.0. The molecule has 0 aliphatic carbocycles. The number of morpholine rings is 1. The van der Waals surface area contributed by atoms with E-state index in [1.54, 1.807) is 11.3 Å². The average molecular weight is 411 g/mol. The van der Waals surface area contributed by atoms with Crippen molar-refractivity contribution in [2.45, 2.75) is 12.1 Å². The van der Waals surface area contributed by atoms with Crippen LogP contribution in [-0.4, -0.2) is 67.0 Å². The molecular weight excluding hydrogens is 388 g/mol. The van der Waals surface area contributed by atoms with Gasteiger partial charge >= 0.3 is 0 Å². The first-order chi connectivity index (χ1) is 14.3. The normalized spacial score (nSPS) is 21.9. The van der Waals surface area contributed by atoms with Crippen LogP contribution in [0, 0.1) is 0 Å². The Bertz CT molecular complexity index is 1010. The highest BCUT2D eigenvalue weighted by molar-refractivity contribution is 7.21. The molecule has 2 aromatic heterocycles. The molecule has 0 radical (unpaired) electrons. The topological polar surface area (TPSA) is 87.7 Å². The Morgan fingerprint density at radius 2 is 1.93 bits per heavy atom. The van der Waals surface area contributed by atoms with Crippen molar-refractivity contribution in [3.8, 4) is 10.6 Å². The van der Waals surface area contributed by atoms with Crippen molar-refractivity contribution in [1.29, 1.82) is 0 Å². The number of thiazole rings is 1. The second kappa shape index (κ2) is 7.17. The summed E-state index contributed by atoms with van der Waals surface area (Å²) < 4.78 is 12.3. The number of nitrogens with zero attached hydrogens (tertiary/aromatic N) is 4. The third-order valence-corrected chi connectivity index (χ3v) is 6.54. The summed E-state index contributed by atoms with van der Waals surface area (Å²) >= 11 is 1.68. The van der Waals surface area contributed by atoms with E-state index in [1.807, 2.05) is 12.1 Å². The van der Waals surface area contributed by atoms with Gasteiger partial charge in [-0.25, -0.2) is 9.97 Å². The Morgan fingerprint density at radius 3 is 2.66 bits per heavy atom. The number of rotatable bonds is 5. The molecule has 0 saturated carbocycles. The number of nitrogens with one attached hydrogen (secondary N) is 2. The minimum atomic E-state index is 0.0138. The van der Waals surface area contributed by atoms with Crippen LogP contribution in [0.2, 0.25) is 0 Å². The molecule has 1 unspecified atom stereocenters. The number of fused-ring (bicyclic) bond motifs is 1. The van der Waals surface area contributed by atoms with E-state index in [1.165, 1.54) is 4.70 Å². The molecule has 3 aromatic rings. The molecule has 3 fully saturated rings. The fourth-order valence-electron chi connectivity index (χ4n) is 3.69. The predicted octanol–water partition coefficient (Wildman–Crippen LogP) is 2.04. The van der Waals surface area contributed by atoms with Crippen molar-refractivity contribution >= 4 is 33.3 Å². The second-order valence-corrected chi connectivity index (χ2v) is 8.57. The average Bonchev–Trinajstić information content (AvgIpc) is 3.49. The van der Waals surface area contributed by atoms with Gasteiger partial charge in [0.05, 0.1) is 47.3 Å². The van der Waals surface area contributed by atoms with E-state index >= 15 is 0 Å². The highest BCUT2D eigenvalue weighted by Crippen LogP contribution is 2.43. The largest absolute Gasteiger partial charge is 0.378 e. The maximum Gasteiger partial charge on any atom is 0.227 e. The van der Waals surface area contributed by atoms with E-state index in [0.717, 1.165) is 59.7 Å². The van der Waals surface area contributed by atoms with Gasteiger partial charge in [-0.05, 0) is 12.1 Å². The van der Waals surface area contributed by atoms with Crippen LogP contribution in [0.5, 0.6) is 0 Å². The number of hydrogen-bond donors (Lipinski definition) is 2. The number of para-hydroxylation sites is 1. The van der Waals surface area contributed by atoms with Gasteiger partial charge in [0.25, 0.3) is 0 Å². The summed E-state index contributed by atoms with van der Waals surface area (Å²) in [6, 6.07) is 8.59. The van der Waals surface area contributed by atoms with Crippen LogP contribution >= 0.6 is 11.3 Å². The number of aromatic nitrogens is 3. The zero-order valence-electron chi connectivity index (χ0n) is 15.9. The maximum absolute atomic E-state index is 5.68. The Balaban J connectivity index is 1.50. The lowest BCUT2D eigenvalue weighted by molar-refractivity contribution is 0.122. The lowest BCUT2D eigenvalue weighted by Gasteiger charge is -2.31. The van der Waals surface area contributed by atoms with E-state index in [9.17, 15) is 0 Å². The third-order valence-electron chi connectivity index (χ3n) is 5.49. The fraction of sp³-hybridized carbons (Fsp3) is 0.450. The molecule has 8 nitrogen and oxygen atoms in total. The van der Waals surface area contributed by atoms with Crippen LogP contribution in [-0.2, 0) is 9.47 Å². The quantitative estimate of drug-likeness (QED) is 0.618. The Labute approximate surface area is 172 Å². The SMILES string of the molecule is c1ccc2sc(-c3c(NC4CNC4)nc(N4CCOCC4)nc3C3CO3)nc2c1. The van der Waals surface area contributed by atoms with Crippen LogP contribution in [0.25, 0.3) is 20.8 Å². The van der Waals surface area contributed by atoms with Gasteiger partial charge in [0.15, 0.2) is 0 Å². The molecular formula is C20H22N6O2S. The van der Waals surface area contributed by atoms with Crippen molar-refractivity contribution in [2.24, 2.45) is 0 Å². The number of anilines is 2. The first kappa shape index (κ1) is 17.5. The second-order valence-electron chi connectivity index (χ2n) is 7.54. The van der Waals surface area contributed by atoms with Crippen molar-refractivity contribution < 1.29 is 9.47 Å². The molecule has 5 heterocycles. The molecule has 0 amide bonds. The van der Waals surface area contributed by atoms with Crippen LogP contribution in [0.3, 0.4) is 0 Å². The summed E-state index contributed by atoms with van der Waals surface area (Å²) in [5.74, 6) is 1.61. The monoisotopic (exact) mass is 410 g/mol. The van der Waals surface area contributed by atoms with Crippen LogP contribution in [0.1, 0.15) is 11.8 Å². The van der Waals surface area contributed by atoms with Gasteiger partial charge in [-0.2, -0.15) is 4.98 Å². The molecule has 0 spiro atoms. The third kappa shape index (κ3) is 3.33. The molecule has 6 rings (SSSR count). The summed E-state index contributed by atoms with van der Waals surface area (Å²) in [5.41, 5.74) is 2.93. The first-order valence-corrected chi connectivity index (χ1v) is 10.9. The molecule has 29 heavy (non-hydrogen) atoms. The van der Waals surface area contributed by atoms with Crippen LogP contribution < -0.4 is 15.5 Å². The van der Waals surface area contributed by atoms with Gasteiger partial charge in [-0.15, -0.1) is 11.3 Å². The highest BCUT2D eigenvalue weighted by atomic mass is 32.1.